The lowest BCUT2D eigenvalue weighted by atomic mass is 10.1. The van der Waals surface area contributed by atoms with Crippen molar-refractivity contribution in [2.45, 2.75) is 19.9 Å². The van der Waals surface area contributed by atoms with Gasteiger partial charge in [0.15, 0.2) is 0 Å². The van der Waals surface area contributed by atoms with Crippen LogP contribution in [0.4, 0.5) is 0 Å². The summed E-state index contributed by atoms with van der Waals surface area (Å²) in [5.74, 6) is 0.100. The molecular weight excluding hydrogens is 252 g/mol. The minimum atomic E-state index is 0.100. The number of hydrogen-bond acceptors (Lipinski definition) is 3. The molecule has 0 unspecified atom stereocenters. The number of benzene rings is 1. The highest BCUT2D eigenvalue weighted by atomic mass is 16.2. The summed E-state index contributed by atoms with van der Waals surface area (Å²) >= 11 is 0. The van der Waals surface area contributed by atoms with Gasteiger partial charge in [-0.1, -0.05) is 12.1 Å². The molecule has 5 heteroatoms. The number of fused-ring (bicyclic) bond motifs is 1. The van der Waals surface area contributed by atoms with E-state index in [2.05, 4.69) is 28.9 Å². The number of carbonyl (C=O) groups excluding carboxylic acids is 1. The van der Waals surface area contributed by atoms with Gasteiger partial charge in [0.2, 0.25) is 0 Å². The molecule has 0 saturated carbocycles. The van der Waals surface area contributed by atoms with E-state index in [1.807, 2.05) is 23.1 Å². The van der Waals surface area contributed by atoms with Gasteiger partial charge in [-0.25, -0.2) is 0 Å². The topological polar surface area (TPSA) is 52.2 Å². The SMILES string of the molecule is CC(C)N1CCN(C(=O)c2cccc3cn[nH]c23)CC1. The van der Waals surface area contributed by atoms with Crippen molar-refractivity contribution in [3.63, 3.8) is 0 Å². The maximum absolute atomic E-state index is 12.6. The van der Waals surface area contributed by atoms with Gasteiger partial charge in [0, 0.05) is 37.6 Å². The Balaban J connectivity index is 1.78. The molecule has 3 rings (SSSR count). The minimum absolute atomic E-state index is 0.100. The highest BCUT2D eigenvalue weighted by Crippen LogP contribution is 2.18. The molecule has 1 amide bonds. The molecule has 5 nitrogen and oxygen atoms in total. The zero-order valence-corrected chi connectivity index (χ0v) is 12.0. The van der Waals surface area contributed by atoms with Gasteiger partial charge in [0.1, 0.15) is 0 Å². The summed E-state index contributed by atoms with van der Waals surface area (Å²) < 4.78 is 0. The average Bonchev–Trinajstić information content (AvgIpc) is 2.95. The highest BCUT2D eigenvalue weighted by Gasteiger charge is 2.24. The third-order valence-electron chi connectivity index (χ3n) is 4.04. The number of piperazine rings is 1. The fourth-order valence-corrected chi connectivity index (χ4v) is 2.76. The van der Waals surface area contributed by atoms with Crippen molar-refractivity contribution >= 4 is 16.8 Å². The van der Waals surface area contributed by atoms with Crippen LogP contribution in [0.5, 0.6) is 0 Å². The maximum Gasteiger partial charge on any atom is 0.256 e. The summed E-state index contributed by atoms with van der Waals surface area (Å²) in [5.41, 5.74) is 1.56. The second kappa shape index (κ2) is 5.25. The van der Waals surface area contributed by atoms with Crippen LogP contribution in [0.1, 0.15) is 24.2 Å². The molecule has 0 radical (unpaired) electrons. The zero-order chi connectivity index (χ0) is 14.1. The van der Waals surface area contributed by atoms with E-state index in [1.165, 1.54) is 0 Å². The number of H-pyrrole nitrogens is 1. The van der Waals surface area contributed by atoms with Gasteiger partial charge < -0.3 is 4.90 Å². The number of rotatable bonds is 2. The fraction of sp³-hybridized carbons (Fsp3) is 0.467. The van der Waals surface area contributed by atoms with Gasteiger partial charge >= 0.3 is 0 Å². The Morgan fingerprint density at radius 1 is 1.25 bits per heavy atom. The Bertz CT molecular complexity index is 611. The second-order valence-electron chi connectivity index (χ2n) is 5.56. The van der Waals surface area contributed by atoms with Crippen LogP contribution in [0.2, 0.25) is 0 Å². The molecule has 1 saturated heterocycles. The first kappa shape index (κ1) is 13.1. The summed E-state index contributed by atoms with van der Waals surface area (Å²) in [6.45, 7) is 7.87. The molecule has 2 aromatic rings. The van der Waals surface area contributed by atoms with Crippen molar-refractivity contribution in [3.05, 3.63) is 30.0 Å². The Labute approximate surface area is 118 Å². The van der Waals surface area contributed by atoms with Crippen molar-refractivity contribution in [3.8, 4) is 0 Å². The van der Waals surface area contributed by atoms with E-state index in [-0.39, 0.29) is 5.91 Å². The first-order valence-electron chi connectivity index (χ1n) is 7.12. The third-order valence-corrected chi connectivity index (χ3v) is 4.04. The number of nitrogens with one attached hydrogen (secondary N) is 1. The highest BCUT2D eigenvalue weighted by molar-refractivity contribution is 6.05. The van der Waals surface area contributed by atoms with E-state index in [9.17, 15) is 4.79 Å². The van der Waals surface area contributed by atoms with Crippen LogP contribution >= 0.6 is 0 Å². The molecule has 0 spiro atoms. The molecule has 1 aliphatic heterocycles. The van der Waals surface area contributed by atoms with Crippen LogP contribution < -0.4 is 0 Å². The standard InChI is InChI=1S/C15H20N4O/c1-11(2)18-6-8-19(9-7-18)15(20)13-5-3-4-12-10-16-17-14(12)13/h3-5,10-11H,6-9H2,1-2H3,(H,16,17). The Hall–Kier alpha value is -1.88. The monoisotopic (exact) mass is 272 g/mol. The van der Waals surface area contributed by atoms with Crippen LogP contribution in [0, 0.1) is 0 Å². The first-order chi connectivity index (χ1) is 9.66. The number of para-hydroxylation sites is 1. The van der Waals surface area contributed by atoms with Gasteiger partial charge in [-0.05, 0) is 19.9 Å². The lowest BCUT2D eigenvalue weighted by Crippen LogP contribution is -2.50. The van der Waals surface area contributed by atoms with E-state index >= 15 is 0 Å². The summed E-state index contributed by atoms with van der Waals surface area (Å²) in [6.07, 6.45) is 1.75. The number of aromatic amines is 1. The molecule has 0 aliphatic carbocycles. The van der Waals surface area contributed by atoms with Crippen LogP contribution in [-0.4, -0.2) is 58.1 Å². The van der Waals surface area contributed by atoms with E-state index < -0.39 is 0 Å². The van der Waals surface area contributed by atoms with Gasteiger partial charge in [0.25, 0.3) is 5.91 Å². The molecule has 20 heavy (non-hydrogen) atoms. The Kier molecular flexibility index (Phi) is 3.44. The molecule has 1 fully saturated rings. The molecule has 106 valence electrons. The summed E-state index contributed by atoms with van der Waals surface area (Å²) in [5, 5.41) is 7.93. The largest absolute Gasteiger partial charge is 0.336 e. The predicted octanol–water partition coefficient (Wildman–Crippen LogP) is 1.73. The number of aromatic nitrogens is 2. The lowest BCUT2D eigenvalue weighted by Gasteiger charge is -2.37. The van der Waals surface area contributed by atoms with Crippen LogP contribution in [0.25, 0.3) is 10.9 Å². The number of hydrogen-bond donors (Lipinski definition) is 1. The van der Waals surface area contributed by atoms with Crippen molar-refractivity contribution in [1.29, 1.82) is 0 Å². The van der Waals surface area contributed by atoms with E-state index in [0.29, 0.717) is 6.04 Å². The second-order valence-corrected chi connectivity index (χ2v) is 5.56. The number of nitrogens with zero attached hydrogens (tertiary/aromatic N) is 3. The van der Waals surface area contributed by atoms with Gasteiger partial charge in [-0.3, -0.25) is 14.8 Å². The predicted molar refractivity (Wildman–Crippen MR) is 78.7 cm³/mol. The average molecular weight is 272 g/mol. The molecule has 2 heterocycles. The van der Waals surface area contributed by atoms with Gasteiger partial charge in [0.05, 0.1) is 17.3 Å². The van der Waals surface area contributed by atoms with Gasteiger partial charge in [-0.15, -0.1) is 0 Å². The van der Waals surface area contributed by atoms with Gasteiger partial charge in [-0.2, -0.15) is 5.10 Å². The molecule has 0 atom stereocenters. The molecular formula is C15H20N4O. The van der Waals surface area contributed by atoms with Crippen molar-refractivity contribution in [2.24, 2.45) is 0 Å². The van der Waals surface area contributed by atoms with Crippen LogP contribution in [0.15, 0.2) is 24.4 Å². The molecule has 0 bridgehead atoms. The molecule has 1 aliphatic rings. The van der Waals surface area contributed by atoms with E-state index in [1.54, 1.807) is 6.20 Å². The van der Waals surface area contributed by atoms with E-state index in [4.69, 9.17) is 0 Å². The smallest absolute Gasteiger partial charge is 0.256 e. The van der Waals surface area contributed by atoms with Crippen LogP contribution in [0.3, 0.4) is 0 Å². The quantitative estimate of drug-likeness (QED) is 0.906. The normalized spacial score (nSPS) is 17.1. The maximum atomic E-state index is 12.6. The summed E-state index contributed by atoms with van der Waals surface area (Å²) in [6, 6.07) is 6.29. The molecule has 1 aromatic heterocycles. The van der Waals surface area contributed by atoms with Crippen molar-refractivity contribution in [1.82, 2.24) is 20.0 Å². The lowest BCUT2D eigenvalue weighted by molar-refractivity contribution is 0.0597. The van der Waals surface area contributed by atoms with Crippen molar-refractivity contribution < 1.29 is 4.79 Å². The Morgan fingerprint density at radius 3 is 2.70 bits per heavy atom. The summed E-state index contributed by atoms with van der Waals surface area (Å²) in [7, 11) is 0. The molecule has 1 N–H and O–H groups in total. The fourth-order valence-electron chi connectivity index (χ4n) is 2.76. The summed E-state index contributed by atoms with van der Waals surface area (Å²) in [4.78, 5) is 17.0. The van der Waals surface area contributed by atoms with Crippen molar-refractivity contribution in [2.75, 3.05) is 26.2 Å². The zero-order valence-electron chi connectivity index (χ0n) is 12.0. The van der Waals surface area contributed by atoms with Crippen LogP contribution in [-0.2, 0) is 0 Å². The molecule has 1 aromatic carbocycles. The number of amides is 1. The minimum Gasteiger partial charge on any atom is -0.336 e. The Morgan fingerprint density at radius 2 is 2.00 bits per heavy atom. The van der Waals surface area contributed by atoms with E-state index in [0.717, 1.165) is 42.6 Å². The third kappa shape index (κ3) is 2.29. The number of carbonyl (C=O) groups is 1. The first-order valence-corrected chi connectivity index (χ1v) is 7.12.